The summed E-state index contributed by atoms with van der Waals surface area (Å²) in [5, 5.41) is 7.88. The zero-order valence-corrected chi connectivity index (χ0v) is 13.7. The molecule has 1 N–H and O–H groups in total. The molecule has 0 amide bonds. The Hall–Kier alpha value is -0.910. The van der Waals surface area contributed by atoms with E-state index in [-0.39, 0.29) is 6.04 Å². The molecule has 2 heterocycles. The average Bonchev–Trinajstić information content (AvgIpc) is 3.03. The molecule has 1 unspecified atom stereocenters. The van der Waals surface area contributed by atoms with Crippen LogP contribution in [-0.2, 0) is 6.42 Å². The quantitative estimate of drug-likeness (QED) is 0.844. The zero-order chi connectivity index (χ0) is 14.5. The van der Waals surface area contributed by atoms with Crippen LogP contribution in [0.25, 0.3) is 0 Å². The minimum Gasteiger partial charge on any atom is -0.309 e. The van der Waals surface area contributed by atoms with Crippen molar-refractivity contribution in [3.05, 3.63) is 33.5 Å². The summed E-state index contributed by atoms with van der Waals surface area (Å²) in [6.45, 7) is 7.39. The molecule has 0 aliphatic heterocycles. The van der Waals surface area contributed by atoms with Gasteiger partial charge in [-0.05, 0) is 38.9 Å². The normalized spacial score (nSPS) is 13.1. The Labute approximate surface area is 129 Å². The fourth-order valence-electron chi connectivity index (χ4n) is 2.14. The molecule has 2 aromatic rings. The lowest BCUT2D eigenvalue weighted by Crippen LogP contribution is -2.25. The van der Waals surface area contributed by atoms with Gasteiger partial charge in [0.2, 0.25) is 0 Å². The third kappa shape index (κ3) is 3.81. The van der Waals surface area contributed by atoms with Gasteiger partial charge in [-0.1, -0.05) is 18.5 Å². The Balaban J connectivity index is 2.17. The molecule has 0 fully saturated rings. The molecule has 20 heavy (non-hydrogen) atoms. The molecule has 6 heteroatoms. The standard InChI is InChI=1S/C14H21ClN4S/c1-4-7-16-11(12-5-6-13(15)20-12)8-14-17-9-18-19(14)10(2)3/h5-6,9-11,16H,4,7-8H2,1-3H3. The van der Waals surface area contributed by atoms with Crippen LogP contribution in [0.15, 0.2) is 18.5 Å². The van der Waals surface area contributed by atoms with Crippen LogP contribution < -0.4 is 5.32 Å². The number of hydrogen-bond donors (Lipinski definition) is 1. The molecule has 0 saturated heterocycles. The van der Waals surface area contributed by atoms with Crippen molar-refractivity contribution in [3.8, 4) is 0 Å². The molecular formula is C14H21ClN4S. The molecule has 4 nitrogen and oxygen atoms in total. The van der Waals surface area contributed by atoms with Gasteiger partial charge in [-0.15, -0.1) is 11.3 Å². The number of hydrogen-bond acceptors (Lipinski definition) is 4. The highest BCUT2D eigenvalue weighted by atomic mass is 35.5. The summed E-state index contributed by atoms with van der Waals surface area (Å²) in [5.41, 5.74) is 0. The molecule has 110 valence electrons. The number of thiophene rings is 1. The highest BCUT2D eigenvalue weighted by Crippen LogP contribution is 2.29. The lowest BCUT2D eigenvalue weighted by molar-refractivity contribution is 0.466. The van der Waals surface area contributed by atoms with Gasteiger partial charge < -0.3 is 5.32 Å². The average molecular weight is 313 g/mol. The van der Waals surface area contributed by atoms with E-state index in [2.05, 4.69) is 42.2 Å². The van der Waals surface area contributed by atoms with Crippen molar-refractivity contribution in [1.82, 2.24) is 20.1 Å². The molecule has 0 radical (unpaired) electrons. The maximum absolute atomic E-state index is 6.06. The van der Waals surface area contributed by atoms with Crippen molar-refractivity contribution in [2.24, 2.45) is 0 Å². The second-order valence-corrected chi connectivity index (χ2v) is 6.81. The molecule has 0 aliphatic carbocycles. The van der Waals surface area contributed by atoms with Crippen LogP contribution in [0.4, 0.5) is 0 Å². The fourth-order valence-corrected chi connectivity index (χ4v) is 3.28. The van der Waals surface area contributed by atoms with E-state index >= 15 is 0 Å². The number of aromatic nitrogens is 3. The summed E-state index contributed by atoms with van der Waals surface area (Å²) in [6, 6.07) is 4.62. The van der Waals surface area contributed by atoms with Crippen molar-refractivity contribution >= 4 is 22.9 Å². The van der Waals surface area contributed by atoms with Gasteiger partial charge in [0.25, 0.3) is 0 Å². The highest BCUT2D eigenvalue weighted by Gasteiger charge is 2.18. The maximum Gasteiger partial charge on any atom is 0.138 e. The van der Waals surface area contributed by atoms with E-state index in [1.54, 1.807) is 17.7 Å². The monoisotopic (exact) mass is 312 g/mol. The van der Waals surface area contributed by atoms with E-state index in [0.29, 0.717) is 6.04 Å². The molecular weight excluding hydrogens is 292 g/mol. The minimum atomic E-state index is 0.245. The third-order valence-electron chi connectivity index (χ3n) is 3.10. The van der Waals surface area contributed by atoms with E-state index < -0.39 is 0 Å². The smallest absolute Gasteiger partial charge is 0.138 e. The summed E-state index contributed by atoms with van der Waals surface area (Å²) in [6.07, 6.45) is 3.56. The van der Waals surface area contributed by atoms with Gasteiger partial charge in [-0.25, -0.2) is 9.67 Å². The summed E-state index contributed by atoms with van der Waals surface area (Å²) < 4.78 is 2.81. The summed E-state index contributed by atoms with van der Waals surface area (Å²) in [5.74, 6) is 1.01. The Morgan fingerprint density at radius 3 is 2.80 bits per heavy atom. The van der Waals surface area contributed by atoms with Crippen molar-refractivity contribution in [3.63, 3.8) is 0 Å². The predicted octanol–water partition coefficient (Wildman–Crippen LogP) is 3.86. The first-order valence-corrected chi connectivity index (χ1v) is 8.18. The molecule has 2 rings (SSSR count). The molecule has 0 aromatic carbocycles. The predicted molar refractivity (Wildman–Crippen MR) is 84.5 cm³/mol. The Morgan fingerprint density at radius 1 is 1.40 bits per heavy atom. The van der Waals surface area contributed by atoms with Crippen LogP contribution in [0.1, 0.15) is 50.0 Å². The number of nitrogens with zero attached hydrogens (tertiary/aromatic N) is 3. The van der Waals surface area contributed by atoms with Crippen molar-refractivity contribution in [2.75, 3.05) is 6.54 Å². The molecule has 2 aromatic heterocycles. The minimum absolute atomic E-state index is 0.245. The summed E-state index contributed by atoms with van der Waals surface area (Å²) in [4.78, 5) is 5.65. The molecule has 0 saturated carbocycles. The number of rotatable bonds is 7. The van der Waals surface area contributed by atoms with Gasteiger partial charge in [0.15, 0.2) is 0 Å². The van der Waals surface area contributed by atoms with Gasteiger partial charge in [0.1, 0.15) is 12.2 Å². The van der Waals surface area contributed by atoms with Crippen LogP contribution in [0.5, 0.6) is 0 Å². The second kappa shape index (κ2) is 7.20. The van der Waals surface area contributed by atoms with Crippen LogP contribution in [0.3, 0.4) is 0 Å². The summed E-state index contributed by atoms with van der Waals surface area (Å²) in [7, 11) is 0. The molecule has 0 aliphatic rings. The van der Waals surface area contributed by atoms with Crippen molar-refractivity contribution in [1.29, 1.82) is 0 Å². The van der Waals surface area contributed by atoms with E-state index in [9.17, 15) is 0 Å². The van der Waals surface area contributed by atoms with Gasteiger partial charge >= 0.3 is 0 Å². The van der Waals surface area contributed by atoms with Crippen molar-refractivity contribution in [2.45, 2.75) is 45.7 Å². The lowest BCUT2D eigenvalue weighted by atomic mass is 10.1. The van der Waals surface area contributed by atoms with Crippen LogP contribution >= 0.6 is 22.9 Å². The first kappa shape index (κ1) is 15.5. The lowest BCUT2D eigenvalue weighted by Gasteiger charge is -2.18. The molecule has 1 atom stereocenters. The Bertz CT molecular complexity index is 535. The first-order valence-electron chi connectivity index (χ1n) is 6.98. The van der Waals surface area contributed by atoms with E-state index in [1.165, 1.54) is 4.88 Å². The van der Waals surface area contributed by atoms with Crippen molar-refractivity contribution < 1.29 is 0 Å². The second-order valence-electron chi connectivity index (χ2n) is 5.07. The number of nitrogens with one attached hydrogen (secondary N) is 1. The summed E-state index contributed by atoms with van der Waals surface area (Å²) >= 11 is 7.69. The SMILES string of the molecule is CCCNC(Cc1ncnn1C(C)C)c1ccc(Cl)s1. The van der Waals surface area contributed by atoms with Crippen LogP contribution in [0.2, 0.25) is 4.34 Å². The van der Waals surface area contributed by atoms with E-state index in [0.717, 1.165) is 29.5 Å². The van der Waals surface area contributed by atoms with Gasteiger partial charge in [0.05, 0.1) is 4.34 Å². The van der Waals surface area contributed by atoms with Crippen LogP contribution in [-0.4, -0.2) is 21.3 Å². The van der Waals surface area contributed by atoms with Crippen LogP contribution in [0, 0.1) is 0 Å². The Morgan fingerprint density at radius 2 is 2.20 bits per heavy atom. The molecule has 0 spiro atoms. The maximum atomic E-state index is 6.06. The third-order valence-corrected chi connectivity index (χ3v) is 4.45. The fraction of sp³-hybridized carbons (Fsp3) is 0.571. The Kier molecular flexibility index (Phi) is 5.57. The number of halogens is 1. The molecule has 0 bridgehead atoms. The topological polar surface area (TPSA) is 42.7 Å². The zero-order valence-electron chi connectivity index (χ0n) is 12.1. The van der Waals surface area contributed by atoms with Gasteiger partial charge in [-0.3, -0.25) is 0 Å². The highest BCUT2D eigenvalue weighted by molar-refractivity contribution is 7.16. The van der Waals surface area contributed by atoms with Gasteiger partial charge in [0, 0.05) is 23.4 Å². The largest absolute Gasteiger partial charge is 0.309 e. The first-order chi connectivity index (χ1) is 9.61. The van der Waals surface area contributed by atoms with E-state index in [1.807, 2.05) is 10.7 Å². The van der Waals surface area contributed by atoms with E-state index in [4.69, 9.17) is 11.6 Å². The van der Waals surface area contributed by atoms with Gasteiger partial charge in [-0.2, -0.15) is 5.10 Å².